The molecule has 1 aliphatic rings. The first-order valence-electron chi connectivity index (χ1n) is 4.50. The summed E-state index contributed by atoms with van der Waals surface area (Å²) in [5.74, 6) is 0.991. The highest BCUT2D eigenvalue weighted by molar-refractivity contribution is 4.73. The summed E-state index contributed by atoms with van der Waals surface area (Å²) < 4.78 is 4.83. The average Bonchev–Trinajstić information content (AvgIpc) is 2.72. The van der Waals surface area contributed by atoms with Gasteiger partial charge >= 0.3 is 0 Å². The number of rotatable bonds is 6. The number of hydrogen-bond acceptors (Lipinski definition) is 2. The highest BCUT2D eigenvalue weighted by atomic mass is 16.5. The second-order valence-corrected chi connectivity index (χ2v) is 3.48. The third-order valence-corrected chi connectivity index (χ3v) is 2.21. The van der Waals surface area contributed by atoms with Crippen LogP contribution in [0.2, 0.25) is 0 Å². The van der Waals surface area contributed by atoms with E-state index >= 15 is 0 Å². The molecule has 1 atom stereocenters. The van der Waals surface area contributed by atoms with E-state index in [9.17, 15) is 5.11 Å². The summed E-state index contributed by atoms with van der Waals surface area (Å²) in [4.78, 5) is 0. The van der Waals surface area contributed by atoms with Crippen molar-refractivity contribution >= 4 is 0 Å². The molecule has 0 aromatic heterocycles. The molecule has 0 amide bonds. The van der Waals surface area contributed by atoms with Crippen molar-refractivity contribution in [3.63, 3.8) is 0 Å². The molecule has 0 radical (unpaired) electrons. The fourth-order valence-electron chi connectivity index (χ4n) is 1.32. The van der Waals surface area contributed by atoms with Gasteiger partial charge in [0, 0.05) is 7.11 Å². The van der Waals surface area contributed by atoms with Crippen molar-refractivity contribution in [3.05, 3.63) is 0 Å². The van der Waals surface area contributed by atoms with E-state index in [1.165, 1.54) is 19.3 Å². The summed E-state index contributed by atoms with van der Waals surface area (Å²) in [6.45, 7) is 0.491. The van der Waals surface area contributed by atoms with Crippen molar-refractivity contribution in [2.24, 2.45) is 5.92 Å². The number of methoxy groups -OCH3 is 1. The molecule has 1 unspecified atom stereocenters. The molecule has 1 rings (SSSR count). The minimum absolute atomic E-state index is 0.237. The zero-order valence-electron chi connectivity index (χ0n) is 7.25. The first kappa shape index (κ1) is 9.01. The minimum atomic E-state index is -0.237. The van der Waals surface area contributed by atoms with Crippen LogP contribution in [0.5, 0.6) is 0 Å². The molecule has 0 saturated heterocycles. The van der Waals surface area contributed by atoms with Crippen LogP contribution in [0.3, 0.4) is 0 Å². The summed E-state index contributed by atoms with van der Waals surface area (Å²) in [5.41, 5.74) is 0. The van der Waals surface area contributed by atoms with E-state index < -0.39 is 0 Å². The molecule has 66 valence electrons. The summed E-state index contributed by atoms with van der Waals surface area (Å²) in [6.07, 6.45) is 5.97. The fourth-order valence-corrected chi connectivity index (χ4v) is 1.32. The second-order valence-electron chi connectivity index (χ2n) is 3.48. The molecule has 0 bridgehead atoms. The van der Waals surface area contributed by atoms with Crippen LogP contribution in [-0.4, -0.2) is 24.9 Å². The van der Waals surface area contributed by atoms with Crippen LogP contribution in [0.25, 0.3) is 0 Å². The first-order valence-corrected chi connectivity index (χ1v) is 4.50. The van der Waals surface area contributed by atoms with Gasteiger partial charge in [0.1, 0.15) is 0 Å². The topological polar surface area (TPSA) is 29.5 Å². The van der Waals surface area contributed by atoms with Gasteiger partial charge in [-0.15, -0.1) is 0 Å². The third-order valence-electron chi connectivity index (χ3n) is 2.21. The van der Waals surface area contributed by atoms with Gasteiger partial charge in [-0.25, -0.2) is 0 Å². The zero-order chi connectivity index (χ0) is 8.10. The maximum absolute atomic E-state index is 9.26. The molecule has 0 spiro atoms. The van der Waals surface area contributed by atoms with Gasteiger partial charge in [-0.05, 0) is 12.3 Å². The predicted octanol–water partition coefficient (Wildman–Crippen LogP) is 1.57. The van der Waals surface area contributed by atoms with Crippen LogP contribution < -0.4 is 0 Å². The second kappa shape index (κ2) is 4.73. The van der Waals surface area contributed by atoms with E-state index in [0.717, 1.165) is 18.8 Å². The Morgan fingerprint density at radius 1 is 1.55 bits per heavy atom. The monoisotopic (exact) mass is 158 g/mol. The molecular formula is C9H18O2. The number of aliphatic hydroxyl groups is 1. The molecule has 0 aromatic carbocycles. The highest BCUT2D eigenvalue weighted by Gasteiger charge is 2.20. The quantitative estimate of drug-likeness (QED) is 0.636. The maximum Gasteiger partial charge on any atom is 0.0773 e. The average molecular weight is 158 g/mol. The largest absolute Gasteiger partial charge is 0.391 e. The normalized spacial score (nSPS) is 20.2. The van der Waals surface area contributed by atoms with Gasteiger partial charge in [-0.2, -0.15) is 0 Å². The maximum atomic E-state index is 9.26. The Labute approximate surface area is 68.6 Å². The predicted molar refractivity (Wildman–Crippen MR) is 44.5 cm³/mol. The van der Waals surface area contributed by atoms with Crippen LogP contribution >= 0.6 is 0 Å². The van der Waals surface area contributed by atoms with E-state index in [0.29, 0.717) is 6.61 Å². The van der Waals surface area contributed by atoms with Crippen molar-refractivity contribution in [1.82, 2.24) is 0 Å². The van der Waals surface area contributed by atoms with Gasteiger partial charge in [-0.3, -0.25) is 0 Å². The molecule has 2 nitrogen and oxygen atoms in total. The lowest BCUT2D eigenvalue weighted by Gasteiger charge is -2.07. The Morgan fingerprint density at radius 3 is 2.82 bits per heavy atom. The Hall–Kier alpha value is -0.0800. The van der Waals surface area contributed by atoms with Crippen molar-refractivity contribution < 1.29 is 9.84 Å². The Bertz CT molecular complexity index is 99.7. The number of ether oxygens (including phenoxy) is 1. The smallest absolute Gasteiger partial charge is 0.0773 e. The van der Waals surface area contributed by atoms with Gasteiger partial charge in [0.25, 0.3) is 0 Å². The molecule has 1 N–H and O–H groups in total. The molecule has 1 aliphatic carbocycles. The number of aliphatic hydroxyl groups excluding tert-OH is 1. The zero-order valence-corrected chi connectivity index (χ0v) is 7.25. The van der Waals surface area contributed by atoms with Gasteiger partial charge < -0.3 is 9.84 Å². The fraction of sp³-hybridized carbons (Fsp3) is 1.00. The Balaban J connectivity index is 1.84. The minimum Gasteiger partial charge on any atom is -0.391 e. The first-order chi connectivity index (χ1) is 5.33. The molecular weight excluding hydrogens is 140 g/mol. The van der Waals surface area contributed by atoms with E-state index in [2.05, 4.69) is 0 Å². The van der Waals surface area contributed by atoms with Crippen molar-refractivity contribution in [2.75, 3.05) is 13.7 Å². The Morgan fingerprint density at radius 2 is 2.27 bits per heavy atom. The Kier molecular flexibility index (Phi) is 3.87. The van der Waals surface area contributed by atoms with Crippen molar-refractivity contribution in [1.29, 1.82) is 0 Å². The summed E-state index contributed by atoms with van der Waals surface area (Å²) >= 11 is 0. The highest BCUT2D eigenvalue weighted by Crippen LogP contribution is 2.33. The molecule has 0 aromatic rings. The molecule has 2 heteroatoms. The van der Waals surface area contributed by atoms with E-state index in [4.69, 9.17) is 4.74 Å². The van der Waals surface area contributed by atoms with Gasteiger partial charge in [0.15, 0.2) is 0 Å². The van der Waals surface area contributed by atoms with Crippen LogP contribution in [0.4, 0.5) is 0 Å². The summed E-state index contributed by atoms with van der Waals surface area (Å²) in [5, 5.41) is 9.26. The lowest BCUT2D eigenvalue weighted by atomic mass is 10.1. The van der Waals surface area contributed by atoms with Crippen LogP contribution in [0, 0.1) is 5.92 Å². The van der Waals surface area contributed by atoms with E-state index in [1.54, 1.807) is 7.11 Å². The van der Waals surface area contributed by atoms with Crippen LogP contribution in [0.1, 0.15) is 32.1 Å². The van der Waals surface area contributed by atoms with Gasteiger partial charge in [0.05, 0.1) is 12.7 Å². The summed E-state index contributed by atoms with van der Waals surface area (Å²) in [7, 11) is 1.63. The van der Waals surface area contributed by atoms with E-state index in [-0.39, 0.29) is 6.10 Å². The molecule has 1 saturated carbocycles. The van der Waals surface area contributed by atoms with Crippen molar-refractivity contribution in [2.45, 2.75) is 38.2 Å². The molecule has 1 fully saturated rings. The van der Waals surface area contributed by atoms with Crippen molar-refractivity contribution in [3.8, 4) is 0 Å². The lowest BCUT2D eigenvalue weighted by Crippen LogP contribution is -2.13. The van der Waals surface area contributed by atoms with E-state index in [1.807, 2.05) is 0 Å². The lowest BCUT2D eigenvalue weighted by molar-refractivity contribution is 0.0574. The van der Waals surface area contributed by atoms with Crippen LogP contribution in [0.15, 0.2) is 0 Å². The standard InChI is InChI=1S/C9H18O2/c1-11-7-9(10)4-2-3-8-5-6-8/h8-10H,2-7H2,1H3. The molecule has 0 heterocycles. The number of hydrogen-bond donors (Lipinski definition) is 1. The SMILES string of the molecule is COCC(O)CCCC1CC1. The van der Waals surface area contributed by atoms with Gasteiger partial charge in [0.2, 0.25) is 0 Å². The summed E-state index contributed by atoms with van der Waals surface area (Å²) in [6, 6.07) is 0. The third kappa shape index (κ3) is 4.38. The molecule has 0 aliphatic heterocycles. The van der Waals surface area contributed by atoms with Crippen LogP contribution in [-0.2, 0) is 4.74 Å². The van der Waals surface area contributed by atoms with Gasteiger partial charge in [-0.1, -0.05) is 25.7 Å². The molecule has 11 heavy (non-hydrogen) atoms.